The van der Waals surface area contributed by atoms with Gasteiger partial charge >= 0.3 is 0 Å². The molecule has 2 aliphatic rings. The monoisotopic (exact) mass is 406 g/mol. The molecule has 0 radical (unpaired) electrons. The van der Waals surface area contributed by atoms with Crippen LogP contribution in [0.2, 0.25) is 0 Å². The van der Waals surface area contributed by atoms with Crippen molar-refractivity contribution >= 4 is 5.88 Å². The normalized spacial score (nSPS) is 19.8. The number of aromatic nitrogens is 2. The zero-order valence-corrected chi connectivity index (χ0v) is 16.1. The number of fused-ring (bicyclic) bond motifs is 4. The Hall–Kier alpha value is -3.60. The third kappa shape index (κ3) is 3.32. The molecule has 2 aliphatic heterocycles. The first-order chi connectivity index (χ1) is 14.6. The Morgan fingerprint density at radius 2 is 2.03 bits per heavy atom. The quantitative estimate of drug-likeness (QED) is 0.662. The SMILES string of the molecule is N#Cc1nc(COc2ccc(F)cc2)oc1N1C[C@H]2C[C@@H](C1)c1cccc(=O)n1C2. The minimum absolute atomic E-state index is 0.0354. The lowest BCUT2D eigenvalue weighted by Crippen LogP contribution is -2.47. The van der Waals surface area contributed by atoms with Gasteiger partial charge < -0.3 is 18.6 Å². The van der Waals surface area contributed by atoms with Crippen LogP contribution in [0.4, 0.5) is 10.3 Å². The Kier molecular flexibility index (Phi) is 4.51. The maximum Gasteiger partial charge on any atom is 0.250 e. The number of anilines is 1. The highest BCUT2D eigenvalue weighted by Gasteiger charge is 2.36. The first-order valence-corrected chi connectivity index (χ1v) is 9.83. The second-order valence-corrected chi connectivity index (χ2v) is 7.72. The van der Waals surface area contributed by atoms with Gasteiger partial charge in [-0.25, -0.2) is 4.39 Å². The molecule has 30 heavy (non-hydrogen) atoms. The highest BCUT2D eigenvalue weighted by molar-refractivity contribution is 5.49. The molecule has 7 nitrogen and oxygen atoms in total. The lowest BCUT2D eigenvalue weighted by Gasteiger charge is -2.42. The Bertz CT molecular complexity index is 1180. The van der Waals surface area contributed by atoms with E-state index in [2.05, 4.69) is 11.1 Å². The molecule has 0 aliphatic carbocycles. The summed E-state index contributed by atoms with van der Waals surface area (Å²) in [4.78, 5) is 18.5. The number of ether oxygens (including phenoxy) is 1. The van der Waals surface area contributed by atoms with Crippen LogP contribution in [0.5, 0.6) is 5.75 Å². The zero-order valence-electron chi connectivity index (χ0n) is 16.1. The molecule has 1 fully saturated rings. The largest absolute Gasteiger partial charge is 0.484 e. The highest BCUT2D eigenvalue weighted by atomic mass is 19.1. The maximum atomic E-state index is 13.0. The van der Waals surface area contributed by atoms with E-state index in [1.807, 2.05) is 15.5 Å². The predicted octanol–water partition coefficient (Wildman–Crippen LogP) is 3.05. The predicted molar refractivity (Wildman–Crippen MR) is 106 cm³/mol. The van der Waals surface area contributed by atoms with Crippen molar-refractivity contribution < 1.29 is 13.5 Å². The number of nitriles is 1. The molecule has 4 heterocycles. The first-order valence-electron chi connectivity index (χ1n) is 9.83. The van der Waals surface area contributed by atoms with E-state index >= 15 is 0 Å². The number of rotatable bonds is 4. The smallest absolute Gasteiger partial charge is 0.250 e. The second kappa shape index (κ2) is 7.34. The van der Waals surface area contributed by atoms with Gasteiger partial charge in [0.2, 0.25) is 17.5 Å². The summed E-state index contributed by atoms with van der Waals surface area (Å²) < 4.78 is 26.4. The molecular weight excluding hydrogens is 387 g/mol. The number of oxazole rings is 1. The molecule has 2 atom stereocenters. The van der Waals surface area contributed by atoms with Gasteiger partial charge in [0.25, 0.3) is 5.56 Å². The first kappa shape index (κ1) is 18.4. The Labute approximate surface area is 171 Å². The molecule has 0 amide bonds. The molecule has 152 valence electrons. The molecule has 3 aromatic rings. The topological polar surface area (TPSA) is 84.3 Å². The highest BCUT2D eigenvalue weighted by Crippen LogP contribution is 2.38. The Balaban J connectivity index is 1.36. The number of halogens is 1. The lowest BCUT2D eigenvalue weighted by molar-refractivity contribution is 0.254. The van der Waals surface area contributed by atoms with Crippen molar-refractivity contribution in [3.05, 3.63) is 75.9 Å². The van der Waals surface area contributed by atoms with Gasteiger partial charge in [-0.15, -0.1) is 0 Å². The van der Waals surface area contributed by atoms with Crippen molar-refractivity contribution in [2.24, 2.45) is 5.92 Å². The van der Waals surface area contributed by atoms with E-state index in [0.29, 0.717) is 43.1 Å². The van der Waals surface area contributed by atoms with Crippen LogP contribution in [0.25, 0.3) is 0 Å². The standard InChI is InChI=1S/C22H19FN4O3/c23-16-4-6-17(7-5-16)29-13-20-25-18(9-24)22(30-20)26-10-14-8-15(12-26)19-2-1-3-21(28)27(19)11-14/h1-7,14-15H,8,10-13H2/t14-,15+/m1/s1. The third-order valence-electron chi connectivity index (χ3n) is 5.70. The fourth-order valence-electron chi connectivity index (χ4n) is 4.44. The van der Waals surface area contributed by atoms with Gasteiger partial charge in [-0.2, -0.15) is 10.2 Å². The number of pyridine rings is 1. The molecule has 1 saturated heterocycles. The van der Waals surface area contributed by atoms with Gasteiger partial charge in [0.05, 0.1) is 0 Å². The summed E-state index contributed by atoms with van der Waals surface area (Å²) in [5, 5.41) is 9.55. The molecule has 0 N–H and O–H groups in total. The van der Waals surface area contributed by atoms with Crippen LogP contribution in [0.15, 0.2) is 51.7 Å². The van der Waals surface area contributed by atoms with Crippen LogP contribution < -0.4 is 15.2 Å². The summed E-state index contributed by atoms with van der Waals surface area (Å²) in [7, 11) is 0. The maximum absolute atomic E-state index is 13.0. The van der Waals surface area contributed by atoms with Crippen molar-refractivity contribution in [3.8, 4) is 11.8 Å². The number of hydrogen-bond donors (Lipinski definition) is 0. The number of hydrogen-bond acceptors (Lipinski definition) is 6. The summed E-state index contributed by atoms with van der Waals surface area (Å²) in [6, 6.07) is 13.2. The van der Waals surface area contributed by atoms with Crippen molar-refractivity contribution in [2.75, 3.05) is 18.0 Å². The van der Waals surface area contributed by atoms with Crippen LogP contribution in [0.1, 0.15) is 29.6 Å². The van der Waals surface area contributed by atoms with Crippen LogP contribution >= 0.6 is 0 Å². The van der Waals surface area contributed by atoms with Crippen molar-refractivity contribution in [3.63, 3.8) is 0 Å². The van der Waals surface area contributed by atoms with Gasteiger partial charge in [0.15, 0.2) is 6.61 Å². The average molecular weight is 406 g/mol. The van der Waals surface area contributed by atoms with Crippen molar-refractivity contribution in [1.82, 2.24) is 9.55 Å². The summed E-state index contributed by atoms with van der Waals surface area (Å²) in [5.74, 6) is 1.37. The van der Waals surface area contributed by atoms with Crippen molar-refractivity contribution in [2.45, 2.75) is 25.5 Å². The van der Waals surface area contributed by atoms with Crippen LogP contribution in [0.3, 0.4) is 0 Å². The third-order valence-corrected chi connectivity index (χ3v) is 5.70. The summed E-state index contributed by atoms with van der Waals surface area (Å²) >= 11 is 0. The van der Waals surface area contributed by atoms with E-state index in [-0.39, 0.29) is 29.6 Å². The molecule has 0 unspecified atom stereocenters. The molecule has 8 heteroatoms. The minimum Gasteiger partial charge on any atom is -0.484 e. The molecule has 2 bridgehead atoms. The van der Waals surface area contributed by atoms with Gasteiger partial charge in [-0.3, -0.25) is 4.79 Å². The fourth-order valence-corrected chi connectivity index (χ4v) is 4.44. The molecule has 0 saturated carbocycles. The van der Waals surface area contributed by atoms with E-state index in [0.717, 1.165) is 12.1 Å². The average Bonchev–Trinajstić information content (AvgIpc) is 3.17. The van der Waals surface area contributed by atoms with Gasteiger partial charge in [0.1, 0.15) is 17.6 Å². The van der Waals surface area contributed by atoms with Gasteiger partial charge in [-0.1, -0.05) is 6.07 Å². The second-order valence-electron chi connectivity index (χ2n) is 7.72. The zero-order chi connectivity index (χ0) is 20.7. The summed E-state index contributed by atoms with van der Waals surface area (Å²) in [6.45, 7) is 2.05. The van der Waals surface area contributed by atoms with Gasteiger partial charge in [-0.05, 0) is 42.7 Å². The summed E-state index contributed by atoms with van der Waals surface area (Å²) in [5.41, 5.74) is 1.28. The van der Waals surface area contributed by atoms with E-state index in [9.17, 15) is 14.4 Å². The number of piperidine rings is 1. The van der Waals surface area contributed by atoms with Crippen LogP contribution in [0, 0.1) is 23.1 Å². The molecule has 5 rings (SSSR count). The molecule has 2 aromatic heterocycles. The van der Waals surface area contributed by atoms with E-state index < -0.39 is 0 Å². The van der Waals surface area contributed by atoms with Gasteiger partial charge in [0, 0.05) is 37.3 Å². The van der Waals surface area contributed by atoms with E-state index in [4.69, 9.17) is 9.15 Å². The van der Waals surface area contributed by atoms with Crippen LogP contribution in [-0.4, -0.2) is 22.6 Å². The van der Waals surface area contributed by atoms with E-state index in [1.165, 1.54) is 24.3 Å². The molecule has 0 spiro atoms. The number of nitrogens with zero attached hydrogens (tertiary/aromatic N) is 4. The fraction of sp³-hybridized carbons (Fsp3) is 0.318. The lowest BCUT2D eigenvalue weighted by atomic mass is 9.83. The number of benzene rings is 1. The Morgan fingerprint density at radius 1 is 1.20 bits per heavy atom. The minimum atomic E-state index is -0.341. The summed E-state index contributed by atoms with van der Waals surface area (Å²) in [6.07, 6.45) is 1.01. The molecular formula is C22H19FN4O3. The van der Waals surface area contributed by atoms with Crippen molar-refractivity contribution in [1.29, 1.82) is 5.26 Å². The van der Waals surface area contributed by atoms with E-state index in [1.54, 1.807) is 12.1 Å². The molecule has 1 aromatic carbocycles. The van der Waals surface area contributed by atoms with Crippen LogP contribution in [-0.2, 0) is 13.2 Å². The Morgan fingerprint density at radius 3 is 2.83 bits per heavy atom.